The molecule has 1 aliphatic heterocycles. The molecule has 1 saturated heterocycles. The lowest BCUT2D eigenvalue weighted by Crippen LogP contribution is -2.49. The van der Waals surface area contributed by atoms with E-state index in [1.807, 2.05) is 11.0 Å². The molecule has 0 aliphatic carbocycles. The Morgan fingerprint density at radius 2 is 1.85 bits per heavy atom. The van der Waals surface area contributed by atoms with E-state index in [0.717, 1.165) is 41.1 Å². The van der Waals surface area contributed by atoms with E-state index in [2.05, 4.69) is 40.8 Å². The Morgan fingerprint density at radius 1 is 1.12 bits per heavy atom. The van der Waals surface area contributed by atoms with E-state index in [1.54, 1.807) is 18.7 Å². The Balaban J connectivity index is 1.43. The SMILES string of the molecule is Cc1ccc2c(CC(=O)N3CCN(c4ncccn4)CC3)coc2c1C. The van der Waals surface area contributed by atoms with Crippen LogP contribution in [0.3, 0.4) is 0 Å². The average molecular weight is 350 g/mol. The fraction of sp³-hybridized carbons (Fsp3) is 0.350. The van der Waals surface area contributed by atoms with E-state index in [0.29, 0.717) is 19.5 Å². The van der Waals surface area contributed by atoms with Gasteiger partial charge >= 0.3 is 0 Å². The van der Waals surface area contributed by atoms with Gasteiger partial charge in [-0.2, -0.15) is 0 Å². The molecule has 6 nitrogen and oxygen atoms in total. The molecule has 0 atom stereocenters. The standard InChI is InChI=1S/C20H22N4O2/c1-14-4-5-17-16(13-26-19(17)15(14)2)12-18(25)23-8-10-24(11-9-23)20-21-6-3-7-22-20/h3-7,13H,8-12H2,1-2H3. The topological polar surface area (TPSA) is 62.5 Å². The number of hydrogen-bond donors (Lipinski definition) is 0. The minimum atomic E-state index is 0.138. The van der Waals surface area contributed by atoms with Gasteiger partial charge in [0.05, 0.1) is 12.7 Å². The fourth-order valence-corrected chi connectivity index (χ4v) is 3.41. The van der Waals surface area contributed by atoms with Gasteiger partial charge in [0.2, 0.25) is 11.9 Å². The monoisotopic (exact) mass is 350 g/mol. The molecule has 0 unspecified atom stereocenters. The minimum Gasteiger partial charge on any atom is -0.464 e. The zero-order valence-electron chi connectivity index (χ0n) is 15.1. The third-order valence-electron chi connectivity index (χ3n) is 5.15. The number of fused-ring (bicyclic) bond motifs is 1. The second kappa shape index (κ2) is 6.78. The molecule has 1 fully saturated rings. The summed E-state index contributed by atoms with van der Waals surface area (Å²) in [5.74, 6) is 0.867. The molecule has 0 N–H and O–H groups in total. The summed E-state index contributed by atoms with van der Waals surface area (Å²) in [5.41, 5.74) is 4.18. The largest absolute Gasteiger partial charge is 0.464 e. The van der Waals surface area contributed by atoms with Crippen LogP contribution in [0.1, 0.15) is 16.7 Å². The first-order valence-corrected chi connectivity index (χ1v) is 8.89. The van der Waals surface area contributed by atoms with Crippen molar-refractivity contribution in [3.63, 3.8) is 0 Å². The molecule has 1 amide bonds. The summed E-state index contributed by atoms with van der Waals surface area (Å²) in [5, 5.41) is 1.04. The predicted octanol–water partition coefficient (Wildman–Crippen LogP) is 2.73. The molecule has 0 bridgehead atoms. The van der Waals surface area contributed by atoms with Crippen LogP contribution in [0.15, 0.2) is 41.3 Å². The number of rotatable bonds is 3. The van der Waals surface area contributed by atoms with Crippen molar-refractivity contribution in [2.75, 3.05) is 31.1 Å². The van der Waals surface area contributed by atoms with Crippen LogP contribution < -0.4 is 4.90 Å². The van der Waals surface area contributed by atoms with Crippen molar-refractivity contribution in [1.82, 2.24) is 14.9 Å². The van der Waals surface area contributed by atoms with Crippen LogP contribution in [0.5, 0.6) is 0 Å². The van der Waals surface area contributed by atoms with Crippen LogP contribution in [-0.2, 0) is 11.2 Å². The summed E-state index contributed by atoms with van der Waals surface area (Å²) in [6.45, 7) is 6.99. The Morgan fingerprint density at radius 3 is 2.58 bits per heavy atom. The summed E-state index contributed by atoms with van der Waals surface area (Å²) in [4.78, 5) is 25.3. The molecule has 134 valence electrons. The maximum absolute atomic E-state index is 12.7. The molecule has 26 heavy (non-hydrogen) atoms. The van der Waals surface area contributed by atoms with Crippen LogP contribution in [0.2, 0.25) is 0 Å². The summed E-state index contributed by atoms with van der Waals surface area (Å²) >= 11 is 0. The molecular weight excluding hydrogens is 328 g/mol. The Kier molecular flexibility index (Phi) is 4.32. The highest BCUT2D eigenvalue weighted by atomic mass is 16.3. The third kappa shape index (κ3) is 3.03. The fourth-order valence-electron chi connectivity index (χ4n) is 3.41. The van der Waals surface area contributed by atoms with Gasteiger partial charge in [-0.1, -0.05) is 12.1 Å². The zero-order valence-corrected chi connectivity index (χ0v) is 15.1. The van der Waals surface area contributed by atoms with Crippen molar-refractivity contribution in [3.05, 3.63) is 53.5 Å². The van der Waals surface area contributed by atoms with Gasteiger partial charge in [-0.3, -0.25) is 4.79 Å². The quantitative estimate of drug-likeness (QED) is 0.727. The Hall–Kier alpha value is -2.89. The number of piperazine rings is 1. The summed E-state index contributed by atoms with van der Waals surface area (Å²) in [6, 6.07) is 5.94. The van der Waals surface area contributed by atoms with Crippen LogP contribution in [0.25, 0.3) is 11.0 Å². The second-order valence-corrected chi connectivity index (χ2v) is 6.74. The number of amides is 1. The van der Waals surface area contributed by atoms with Gasteiger partial charge in [-0.05, 0) is 31.0 Å². The van der Waals surface area contributed by atoms with Gasteiger partial charge in [-0.25, -0.2) is 9.97 Å². The molecule has 0 spiro atoms. The predicted molar refractivity (Wildman–Crippen MR) is 100 cm³/mol. The van der Waals surface area contributed by atoms with E-state index in [4.69, 9.17) is 4.42 Å². The maximum Gasteiger partial charge on any atom is 0.227 e. The minimum absolute atomic E-state index is 0.138. The maximum atomic E-state index is 12.7. The molecule has 3 aromatic rings. The molecule has 6 heteroatoms. The highest BCUT2D eigenvalue weighted by Crippen LogP contribution is 2.27. The van der Waals surface area contributed by atoms with Crippen molar-refractivity contribution in [2.45, 2.75) is 20.3 Å². The van der Waals surface area contributed by atoms with Crippen LogP contribution in [0.4, 0.5) is 5.95 Å². The third-order valence-corrected chi connectivity index (χ3v) is 5.15. The molecule has 0 radical (unpaired) electrons. The van der Waals surface area contributed by atoms with Crippen molar-refractivity contribution in [3.8, 4) is 0 Å². The van der Waals surface area contributed by atoms with Crippen molar-refractivity contribution in [2.24, 2.45) is 0 Å². The van der Waals surface area contributed by atoms with E-state index >= 15 is 0 Å². The van der Waals surface area contributed by atoms with Crippen molar-refractivity contribution < 1.29 is 9.21 Å². The lowest BCUT2D eigenvalue weighted by atomic mass is 10.0. The number of carbonyl (C=O) groups excluding carboxylic acids is 1. The lowest BCUT2D eigenvalue weighted by molar-refractivity contribution is -0.130. The second-order valence-electron chi connectivity index (χ2n) is 6.74. The molecule has 4 rings (SSSR count). The lowest BCUT2D eigenvalue weighted by Gasteiger charge is -2.34. The van der Waals surface area contributed by atoms with E-state index in [-0.39, 0.29) is 5.91 Å². The van der Waals surface area contributed by atoms with Gasteiger partial charge in [0.15, 0.2) is 0 Å². The van der Waals surface area contributed by atoms with E-state index in [9.17, 15) is 4.79 Å². The number of carbonyl (C=O) groups is 1. The van der Waals surface area contributed by atoms with Crippen molar-refractivity contribution >= 4 is 22.8 Å². The van der Waals surface area contributed by atoms with E-state index in [1.165, 1.54) is 5.56 Å². The Bertz CT molecular complexity index is 928. The Labute approximate surface area is 152 Å². The molecule has 1 aromatic carbocycles. The molecular formula is C20H22N4O2. The molecule has 2 aromatic heterocycles. The first-order valence-electron chi connectivity index (χ1n) is 8.89. The number of benzene rings is 1. The zero-order chi connectivity index (χ0) is 18.1. The number of aromatic nitrogens is 2. The summed E-state index contributed by atoms with van der Waals surface area (Å²) in [7, 11) is 0. The molecule has 3 heterocycles. The first-order chi connectivity index (χ1) is 12.6. The van der Waals surface area contributed by atoms with Crippen LogP contribution >= 0.6 is 0 Å². The summed E-state index contributed by atoms with van der Waals surface area (Å²) in [6.07, 6.45) is 5.58. The van der Waals surface area contributed by atoms with Crippen molar-refractivity contribution in [1.29, 1.82) is 0 Å². The highest BCUT2D eigenvalue weighted by Gasteiger charge is 2.23. The van der Waals surface area contributed by atoms with Gasteiger partial charge < -0.3 is 14.2 Å². The summed E-state index contributed by atoms with van der Waals surface area (Å²) < 4.78 is 5.73. The number of hydrogen-bond acceptors (Lipinski definition) is 5. The number of nitrogens with zero attached hydrogens (tertiary/aromatic N) is 4. The number of anilines is 1. The number of aryl methyl sites for hydroxylation is 2. The van der Waals surface area contributed by atoms with Crippen LogP contribution in [-0.4, -0.2) is 47.0 Å². The molecule has 0 saturated carbocycles. The first kappa shape index (κ1) is 16.6. The van der Waals surface area contributed by atoms with E-state index < -0.39 is 0 Å². The van der Waals surface area contributed by atoms with Gasteiger partial charge in [0.25, 0.3) is 0 Å². The van der Waals surface area contributed by atoms with Gasteiger partial charge in [0, 0.05) is 49.5 Å². The normalized spacial score (nSPS) is 14.8. The van der Waals surface area contributed by atoms with Gasteiger partial charge in [0.1, 0.15) is 5.58 Å². The van der Waals surface area contributed by atoms with Gasteiger partial charge in [-0.15, -0.1) is 0 Å². The smallest absolute Gasteiger partial charge is 0.227 e. The van der Waals surface area contributed by atoms with Crippen LogP contribution in [0, 0.1) is 13.8 Å². The average Bonchev–Trinajstić information content (AvgIpc) is 3.09. The molecule has 1 aliphatic rings. The highest BCUT2D eigenvalue weighted by molar-refractivity contribution is 5.89. The number of furan rings is 1.